The van der Waals surface area contributed by atoms with Crippen LogP contribution in [0, 0.1) is 0 Å². The van der Waals surface area contributed by atoms with Gasteiger partial charge in [-0.05, 0) is 0 Å². The van der Waals surface area contributed by atoms with E-state index in [1.54, 1.807) is 0 Å². The van der Waals surface area contributed by atoms with Gasteiger partial charge in [-0.15, -0.1) is 0 Å². The third kappa shape index (κ3) is 458. The molecule has 50 valence electrons. The van der Waals surface area contributed by atoms with Crippen molar-refractivity contribution in [3.8, 4) is 0 Å². The average Bonchev–Trinajstić information content (AvgIpc) is 1.27. The van der Waals surface area contributed by atoms with E-state index < -0.39 is 16.9 Å². The predicted octanol–water partition coefficient (Wildman–Crippen LogP) is -5.28. The van der Waals surface area contributed by atoms with Crippen molar-refractivity contribution in [3.63, 3.8) is 0 Å². The third-order valence-electron chi connectivity index (χ3n) is 0. The van der Waals surface area contributed by atoms with Crippen LogP contribution >= 0.6 is 0 Å². The first-order valence-electron chi connectivity index (χ1n) is 1.17. The van der Waals surface area contributed by atoms with Crippen LogP contribution in [0.15, 0.2) is 0 Å². The SMILES string of the molecule is O=C[O-].O=S(=O)(O)O.[K+]. The van der Waals surface area contributed by atoms with Crippen molar-refractivity contribution in [1.82, 2.24) is 0 Å². The molecule has 0 spiro atoms. The van der Waals surface area contributed by atoms with E-state index in [1.807, 2.05) is 0 Å². The van der Waals surface area contributed by atoms with Gasteiger partial charge in [0.15, 0.2) is 0 Å². The van der Waals surface area contributed by atoms with Crippen LogP contribution in [0.2, 0.25) is 0 Å². The summed E-state index contributed by atoms with van der Waals surface area (Å²) in [7, 11) is -4.67. The van der Waals surface area contributed by atoms with Gasteiger partial charge in [-0.25, -0.2) is 0 Å². The number of carboxylic acid groups (broad SMARTS) is 1. The second-order valence-corrected chi connectivity index (χ2v) is 1.44. The van der Waals surface area contributed by atoms with Gasteiger partial charge in [-0.2, -0.15) is 8.42 Å². The largest absolute Gasteiger partial charge is 1.00 e. The molecule has 0 aliphatic carbocycles. The molecule has 9 heavy (non-hydrogen) atoms. The zero-order chi connectivity index (χ0) is 7.21. The van der Waals surface area contributed by atoms with Crippen LogP contribution in [0.4, 0.5) is 0 Å². The Morgan fingerprint density at radius 3 is 1.33 bits per heavy atom. The standard InChI is InChI=1S/CH2O2.K.H2O4S/c2-1-3;;1-5(2,3)4/h1H,(H,2,3);;(H2,1,2,3,4)/q;+1;/p-1. The number of carbonyl (C=O) groups is 1. The van der Waals surface area contributed by atoms with Gasteiger partial charge in [0, 0.05) is 6.47 Å². The average molecular weight is 182 g/mol. The van der Waals surface area contributed by atoms with Crippen molar-refractivity contribution >= 4 is 16.9 Å². The molecule has 0 unspecified atom stereocenters. The monoisotopic (exact) mass is 182 g/mol. The molecule has 2 N–H and O–H groups in total. The summed E-state index contributed by atoms with van der Waals surface area (Å²) in [6.45, 7) is -0.500. The fraction of sp³-hybridized carbons (Fsp3) is 0. The van der Waals surface area contributed by atoms with E-state index in [-0.39, 0.29) is 51.4 Å². The van der Waals surface area contributed by atoms with Crippen molar-refractivity contribution in [3.05, 3.63) is 0 Å². The van der Waals surface area contributed by atoms with Gasteiger partial charge in [0.05, 0.1) is 0 Å². The number of hydrogen-bond donors (Lipinski definition) is 2. The van der Waals surface area contributed by atoms with E-state index >= 15 is 0 Å². The Bertz CT molecular complexity index is 127. The van der Waals surface area contributed by atoms with Crippen LogP contribution in [0.1, 0.15) is 0 Å². The third-order valence-corrected chi connectivity index (χ3v) is 0. The van der Waals surface area contributed by atoms with Gasteiger partial charge in [0.2, 0.25) is 0 Å². The van der Waals surface area contributed by atoms with Crippen molar-refractivity contribution in [2.75, 3.05) is 0 Å². The molecule has 0 rings (SSSR count). The first kappa shape index (κ1) is 16.5. The molecule has 0 aliphatic heterocycles. The number of rotatable bonds is 0. The molecular weight excluding hydrogens is 179 g/mol. The Balaban J connectivity index is -0.0000000800. The maximum atomic E-state index is 8.74. The van der Waals surface area contributed by atoms with E-state index in [4.69, 9.17) is 27.4 Å². The molecular formula is CH3KO6S. The number of hydrogen-bond acceptors (Lipinski definition) is 4. The minimum Gasteiger partial charge on any atom is -0.554 e. The normalized spacial score (nSPS) is 7.78. The Hall–Kier alpha value is 0.976. The molecule has 0 aromatic heterocycles. The molecule has 0 bridgehead atoms. The molecule has 0 aromatic carbocycles. The van der Waals surface area contributed by atoms with Crippen molar-refractivity contribution < 1.29 is 78.8 Å². The molecule has 8 heteroatoms. The topological polar surface area (TPSA) is 115 Å². The first-order valence-corrected chi connectivity index (χ1v) is 2.57. The predicted molar refractivity (Wildman–Crippen MR) is 20.2 cm³/mol. The van der Waals surface area contributed by atoms with Crippen LogP contribution in [-0.2, 0) is 15.2 Å². The van der Waals surface area contributed by atoms with E-state index in [1.165, 1.54) is 0 Å². The Morgan fingerprint density at radius 1 is 1.33 bits per heavy atom. The first-order chi connectivity index (χ1) is 3.41. The Kier molecular flexibility index (Phi) is 16.5. The summed E-state index contributed by atoms with van der Waals surface area (Å²) in [5, 5.41) is 8.25. The van der Waals surface area contributed by atoms with E-state index in [0.717, 1.165) is 0 Å². The van der Waals surface area contributed by atoms with Gasteiger partial charge in [-0.1, -0.05) is 0 Å². The van der Waals surface area contributed by atoms with E-state index in [9.17, 15) is 0 Å². The van der Waals surface area contributed by atoms with Crippen LogP contribution in [0.25, 0.3) is 0 Å². The second kappa shape index (κ2) is 8.98. The van der Waals surface area contributed by atoms with Gasteiger partial charge >= 0.3 is 61.8 Å². The molecule has 0 heterocycles. The molecule has 0 aliphatic rings. The molecule has 0 amide bonds. The molecule has 0 fully saturated rings. The summed E-state index contributed by atoms with van der Waals surface area (Å²) in [6.07, 6.45) is 0. The van der Waals surface area contributed by atoms with Crippen LogP contribution < -0.4 is 56.5 Å². The zero-order valence-electron chi connectivity index (χ0n) is 4.51. The van der Waals surface area contributed by atoms with Crippen LogP contribution in [0.5, 0.6) is 0 Å². The summed E-state index contributed by atoms with van der Waals surface area (Å²) in [5.74, 6) is 0. The van der Waals surface area contributed by atoms with Gasteiger partial charge in [0.25, 0.3) is 0 Å². The zero-order valence-corrected chi connectivity index (χ0v) is 8.45. The maximum absolute atomic E-state index is 8.74. The quantitative estimate of drug-likeness (QED) is 0.220. The summed E-state index contributed by atoms with van der Waals surface area (Å²) in [6, 6.07) is 0. The summed E-state index contributed by atoms with van der Waals surface area (Å²) in [5.41, 5.74) is 0. The molecule has 6 nitrogen and oxygen atoms in total. The second-order valence-electron chi connectivity index (χ2n) is 0.544. The van der Waals surface area contributed by atoms with Crippen molar-refractivity contribution in [1.29, 1.82) is 0 Å². The summed E-state index contributed by atoms with van der Waals surface area (Å²) < 4.78 is 31.6. The van der Waals surface area contributed by atoms with Gasteiger partial charge < -0.3 is 9.90 Å². The summed E-state index contributed by atoms with van der Waals surface area (Å²) >= 11 is 0. The molecule has 0 saturated carbocycles. The smallest absolute Gasteiger partial charge is 0.554 e. The molecule has 0 aromatic rings. The molecule has 0 saturated heterocycles. The van der Waals surface area contributed by atoms with Crippen LogP contribution in [0.3, 0.4) is 0 Å². The Labute approximate surface area is 94.3 Å². The molecule has 0 radical (unpaired) electrons. The van der Waals surface area contributed by atoms with Gasteiger partial charge in [-0.3, -0.25) is 9.11 Å². The van der Waals surface area contributed by atoms with Crippen molar-refractivity contribution in [2.24, 2.45) is 0 Å². The fourth-order valence-corrected chi connectivity index (χ4v) is 0. The van der Waals surface area contributed by atoms with E-state index in [0.29, 0.717) is 0 Å². The minimum atomic E-state index is -4.67. The minimum absolute atomic E-state index is 0. The van der Waals surface area contributed by atoms with Gasteiger partial charge in [0.1, 0.15) is 0 Å². The Morgan fingerprint density at radius 2 is 1.33 bits per heavy atom. The number of carbonyl (C=O) groups excluding carboxylic acids is 1. The maximum Gasteiger partial charge on any atom is 1.00 e. The molecule has 0 atom stereocenters. The van der Waals surface area contributed by atoms with Crippen LogP contribution in [-0.4, -0.2) is 24.0 Å². The fourth-order valence-electron chi connectivity index (χ4n) is 0. The summed E-state index contributed by atoms with van der Waals surface area (Å²) in [4.78, 5) is 8.25. The van der Waals surface area contributed by atoms with Crippen molar-refractivity contribution in [2.45, 2.75) is 0 Å². The van der Waals surface area contributed by atoms with E-state index in [2.05, 4.69) is 0 Å².